The average molecular weight is 1200 g/mol. The fourth-order valence-corrected chi connectivity index (χ4v) is 12.5. The molecule has 3 N–H and O–H groups in total. The van der Waals surface area contributed by atoms with E-state index >= 15 is 0 Å². The first-order chi connectivity index (χ1) is 35.4. The Morgan fingerprint density at radius 2 is 1.30 bits per heavy atom. The molecule has 2 aromatic rings. The number of benzene rings is 2. The lowest BCUT2D eigenvalue weighted by Crippen LogP contribution is -2.60. The van der Waals surface area contributed by atoms with Gasteiger partial charge in [-0.15, -0.1) is 0 Å². The van der Waals surface area contributed by atoms with Gasteiger partial charge in [0.25, 0.3) is 11.8 Å². The second kappa shape index (κ2) is 23.6. The van der Waals surface area contributed by atoms with Gasteiger partial charge in [-0.1, -0.05) is 15.9 Å². The Morgan fingerprint density at radius 3 is 1.81 bits per heavy atom. The Bertz CT molecular complexity index is 2640. The second-order valence-electron chi connectivity index (χ2n) is 20.6. The lowest BCUT2D eigenvalue weighted by molar-refractivity contribution is -0.199. The van der Waals surface area contributed by atoms with Crippen LogP contribution in [-0.2, 0) is 40.9 Å². The van der Waals surface area contributed by atoms with Crippen LogP contribution in [0.5, 0.6) is 0 Å². The van der Waals surface area contributed by atoms with Crippen LogP contribution in [0.15, 0.2) is 30.3 Å². The van der Waals surface area contributed by atoms with Crippen LogP contribution in [0.4, 0.5) is 50.9 Å². The van der Waals surface area contributed by atoms with Gasteiger partial charge in [-0.2, -0.15) is 44.8 Å². The van der Waals surface area contributed by atoms with Crippen LogP contribution >= 0.6 is 40.4 Å². The van der Waals surface area contributed by atoms with Gasteiger partial charge in [0, 0.05) is 43.6 Å². The summed E-state index contributed by atoms with van der Waals surface area (Å²) in [5, 5.41) is 9.89. The number of hydrogen-bond acceptors (Lipinski definition) is 13. The number of carbonyl (C=O) groups excluding carboxylic acids is 4. The SMILES string of the molecule is Cc1c(N2C(=O)C(C)(C)N(C3CCC(OCCBr)CC3)C2=S)ccc(C(=O)OC(=O)CN2CCN(CCOC3CCC(N4C(=S)N(c5ccc(C#N)c(C(F)(F)F)c5)C(=O)C4(C)C)CC3)C[C@@H]2C(F)(F)F)c1C(F)(F)F.N. The summed E-state index contributed by atoms with van der Waals surface area (Å²) >= 11 is 14.8. The second-order valence-corrected chi connectivity index (χ2v) is 22.1. The predicted octanol–water partition coefficient (Wildman–Crippen LogP) is 9.47. The molecule has 2 aromatic carbocycles. The number of piperazine rings is 1. The maximum absolute atomic E-state index is 14.9. The minimum Gasteiger partial charge on any atom is -0.388 e. The summed E-state index contributed by atoms with van der Waals surface area (Å²) in [6, 6.07) is 3.58. The van der Waals surface area contributed by atoms with Gasteiger partial charge in [0.1, 0.15) is 17.1 Å². The molecule has 2 saturated carbocycles. The van der Waals surface area contributed by atoms with E-state index in [0.29, 0.717) is 63.3 Å². The van der Waals surface area contributed by atoms with Crippen LogP contribution < -0.4 is 16.0 Å². The Balaban J connectivity index is 0.00000961. The van der Waals surface area contributed by atoms with E-state index in [1.54, 1.807) is 37.5 Å². The minimum atomic E-state index is -5.22. The number of carbonyl (C=O) groups is 4. The fraction of sp³-hybridized carbons (Fsp3) is 0.620. The highest BCUT2D eigenvalue weighted by atomic mass is 79.9. The number of esters is 2. The molecule has 27 heteroatoms. The van der Waals surface area contributed by atoms with E-state index < -0.39 is 100 Å². The van der Waals surface area contributed by atoms with E-state index in [9.17, 15) is 64.0 Å². The average Bonchev–Trinajstić information content (AvgIpc) is 3.71. The lowest BCUT2D eigenvalue weighted by Gasteiger charge is -2.42. The van der Waals surface area contributed by atoms with Gasteiger partial charge in [0.2, 0.25) is 0 Å². The summed E-state index contributed by atoms with van der Waals surface area (Å²) in [4.78, 5) is 61.9. The first kappa shape index (κ1) is 61.6. The van der Waals surface area contributed by atoms with Crippen molar-refractivity contribution in [3.8, 4) is 6.07 Å². The zero-order chi connectivity index (χ0) is 56.0. The van der Waals surface area contributed by atoms with Gasteiger partial charge in [-0.3, -0.25) is 34.0 Å². The Hall–Kier alpha value is -4.56. The van der Waals surface area contributed by atoms with Gasteiger partial charge >= 0.3 is 30.5 Å². The Kier molecular flexibility index (Phi) is 18.9. The van der Waals surface area contributed by atoms with Crippen molar-refractivity contribution >= 4 is 85.7 Å². The number of alkyl halides is 10. The molecule has 15 nitrogen and oxygen atoms in total. The third-order valence-electron chi connectivity index (χ3n) is 15.0. The highest BCUT2D eigenvalue weighted by Gasteiger charge is 2.55. The Morgan fingerprint density at radius 1 is 0.766 bits per heavy atom. The number of ether oxygens (including phenoxy) is 3. The molecule has 5 aliphatic rings. The summed E-state index contributed by atoms with van der Waals surface area (Å²) in [5.74, 6) is -4.40. The molecule has 424 valence electrons. The number of rotatable bonds is 14. The summed E-state index contributed by atoms with van der Waals surface area (Å²) in [7, 11) is 0. The van der Waals surface area contributed by atoms with E-state index in [1.165, 1.54) is 17.0 Å². The molecule has 0 spiro atoms. The molecule has 3 heterocycles. The minimum absolute atomic E-state index is 0. The zero-order valence-corrected chi connectivity index (χ0v) is 46.1. The quantitative estimate of drug-likeness (QED) is 0.0622. The molecule has 2 amide bonds. The molecule has 0 bridgehead atoms. The van der Waals surface area contributed by atoms with Crippen LogP contribution in [-0.4, -0.2) is 152 Å². The molecule has 77 heavy (non-hydrogen) atoms. The van der Waals surface area contributed by atoms with Crippen molar-refractivity contribution in [1.29, 1.82) is 5.26 Å². The smallest absolute Gasteiger partial charge is 0.388 e. The molecule has 3 aliphatic heterocycles. The largest absolute Gasteiger partial charge is 0.417 e. The van der Waals surface area contributed by atoms with E-state index in [-0.39, 0.29) is 78.3 Å². The molecule has 0 radical (unpaired) electrons. The summed E-state index contributed by atoms with van der Waals surface area (Å²) in [6.07, 6.45) is -10.8. The van der Waals surface area contributed by atoms with Gasteiger partial charge in [0.15, 0.2) is 10.2 Å². The number of thiocarbonyl (C=S) groups is 2. The normalized spacial score (nSPS) is 24.6. The molecule has 0 aromatic heterocycles. The van der Waals surface area contributed by atoms with E-state index in [4.69, 9.17) is 38.6 Å². The van der Waals surface area contributed by atoms with Gasteiger partial charge < -0.3 is 30.2 Å². The van der Waals surface area contributed by atoms with Gasteiger partial charge in [-0.05, 0) is 146 Å². The summed E-state index contributed by atoms with van der Waals surface area (Å²) in [5.41, 5.74) is -7.80. The van der Waals surface area contributed by atoms with Gasteiger partial charge in [0.05, 0.1) is 71.7 Å². The predicted molar refractivity (Wildman–Crippen MR) is 275 cm³/mol. The molecule has 5 fully saturated rings. The van der Waals surface area contributed by atoms with Crippen LogP contribution in [0.25, 0.3) is 0 Å². The number of amides is 2. The van der Waals surface area contributed by atoms with Crippen molar-refractivity contribution in [3.05, 3.63) is 58.1 Å². The van der Waals surface area contributed by atoms with Crippen molar-refractivity contribution < 1.29 is 72.9 Å². The van der Waals surface area contributed by atoms with Crippen molar-refractivity contribution in [2.75, 3.05) is 61.1 Å². The summed E-state index contributed by atoms with van der Waals surface area (Å²) in [6.45, 7) is 6.17. The number of nitrogens with zero attached hydrogens (tertiary/aromatic N) is 7. The molecule has 7 rings (SSSR count). The highest BCUT2D eigenvalue weighted by Crippen LogP contribution is 2.45. The van der Waals surface area contributed by atoms with Crippen LogP contribution in [0.2, 0.25) is 0 Å². The zero-order valence-electron chi connectivity index (χ0n) is 42.9. The first-order valence-corrected chi connectivity index (χ1v) is 26.6. The first-order valence-electron chi connectivity index (χ1n) is 24.7. The molecule has 3 saturated heterocycles. The van der Waals surface area contributed by atoms with Crippen molar-refractivity contribution in [2.24, 2.45) is 0 Å². The van der Waals surface area contributed by atoms with Gasteiger partial charge in [-0.25, -0.2) is 4.79 Å². The van der Waals surface area contributed by atoms with E-state index in [2.05, 4.69) is 15.9 Å². The molecular formula is C50H60BrF9N8O7S2. The van der Waals surface area contributed by atoms with Crippen molar-refractivity contribution in [3.63, 3.8) is 0 Å². The van der Waals surface area contributed by atoms with E-state index in [0.717, 1.165) is 45.9 Å². The maximum Gasteiger partial charge on any atom is 0.417 e. The fourth-order valence-electron chi connectivity index (χ4n) is 11.2. The number of halogens is 10. The third kappa shape index (κ3) is 12.7. The highest BCUT2D eigenvalue weighted by molar-refractivity contribution is 9.09. The topological polar surface area (TPSA) is 174 Å². The lowest BCUT2D eigenvalue weighted by atomic mass is 9.89. The van der Waals surface area contributed by atoms with Crippen LogP contribution in [0.3, 0.4) is 0 Å². The van der Waals surface area contributed by atoms with Crippen LogP contribution in [0, 0.1) is 18.3 Å². The number of anilines is 2. The number of hydrogen-bond donors (Lipinski definition) is 1. The van der Waals surface area contributed by atoms with Crippen molar-refractivity contribution in [2.45, 2.75) is 146 Å². The van der Waals surface area contributed by atoms with Crippen molar-refractivity contribution in [1.82, 2.24) is 25.8 Å². The molecule has 1 atom stereocenters. The molecule has 2 aliphatic carbocycles. The number of nitriles is 1. The van der Waals surface area contributed by atoms with E-state index in [1.807, 2.05) is 0 Å². The standard InChI is InChI=1S/C50H57BrF9N7O7S2.H3N/c1-28-37(65-43(71)47(4,5)67(45(65)76)31-8-12-33(13-9-31)72-22-18-51)17-16-35(40(28)50(58,59)60)41(69)74-39(68)27-63-20-19-62(26-38(63)49(55,56)57)21-23-73-34-14-10-30(11-15-34)66-44(75)64(42(70)46(66,2)3)32-7-6-29(25-61)36(24-32)48(52,53)54;/h6-7,16-17,24,30-31,33-34,38H,8-15,18-23,26-27H2,1-5H3;1H3/t30?,31?,33?,34?,38-;/m1./s1. The monoisotopic (exact) mass is 1200 g/mol. The maximum atomic E-state index is 14.9. The molecule has 0 unspecified atom stereocenters. The molecular weight excluding hydrogens is 1140 g/mol. The van der Waals surface area contributed by atoms with Crippen LogP contribution in [0.1, 0.15) is 112 Å². The third-order valence-corrected chi connectivity index (χ3v) is 16.1. The summed E-state index contributed by atoms with van der Waals surface area (Å²) < 4.78 is 146. The Labute approximate surface area is 458 Å².